The van der Waals surface area contributed by atoms with Crippen LogP contribution in [0.5, 0.6) is 11.5 Å². The zero-order valence-corrected chi connectivity index (χ0v) is 46.4. The number of fused-ring (bicyclic) bond motifs is 8. The van der Waals surface area contributed by atoms with Crippen LogP contribution in [0.25, 0.3) is 86.2 Å². The summed E-state index contributed by atoms with van der Waals surface area (Å²) in [5, 5.41) is 30.0. The van der Waals surface area contributed by atoms with Gasteiger partial charge in [-0.2, -0.15) is 0 Å². The highest BCUT2D eigenvalue weighted by atomic mass is 16.5. The Balaban J connectivity index is 0.000000132. The highest BCUT2D eigenvalue weighted by Crippen LogP contribution is 2.37. The Morgan fingerprint density at radius 2 is 0.513 bits per heavy atom. The smallest absolute Gasteiger partial charge is 0.127 e. The van der Waals surface area contributed by atoms with Gasteiger partial charge in [0.05, 0.1) is 6.61 Å². The second-order valence-electron chi connectivity index (χ2n) is 19.3. The van der Waals surface area contributed by atoms with E-state index in [0.29, 0.717) is 19.0 Å². The number of rotatable bonds is 9. The van der Waals surface area contributed by atoms with Crippen LogP contribution in [0.4, 0.5) is 0 Å². The number of hydrogen-bond acceptors (Lipinski definition) is 3. The van der Waals surface area contributed by atoms with E-state index in [-0.39, 0.29) is 0 Å². The summed E-state index contributed by atoms with van der Waals surface area (Å²) in [6, 6.07) is 80.2. The van der Waals surface area contributed by atoms with Crippen LogP contribution in [-0.4, -0.2) is 12.2 Å². The lowest BCUT2D eigenvalue weighted by Crippen LogP contribution is -2.01. The van der Waals surface area contributed by atoms with Crippen molar-refractivity contribution in [3.63, 3.8) is 0 Å². The normalized spacial score (nSPS) is 10.9. The summed E-state index contributed by atoms with van der Waals surface area (Å²) in [6.07, 6.45) is 4.35. The predicted molar refractivity (Wildman–Crippen MR) is 338 cm³/mol. The zero-order chi connectivity index (χ0) is 54.4. The van der Waals surface area contributed by atoms with Crippen molar-refractivity contribution in [1.82, 2.24) is 0 Å². The van der Waals surface area contributed by atoms with Gasteiger partial charge in [-0.15, -0.1) is 0 Å². The molecular weight excluding hydrogens is 949 g/mol. The van der Waals surface area contributed by atoms with Gasteiger partial charge < -0.3 is 14.6 Å². The second-order valence-corrected chi connectivity index (χ2v) is 19.3. The Kier molecular flexibility index (Phi) is 18.1. The van der Waals surface area contributed by atoms with E-state index >= 15 is 0 Å². The number of benzene rings is 13. The van der Waals surface area contributed by atoms with Crippen LogP contribution in [0.2, 0.25) is 0 Å². The van der Waals surface area contributed by atoms with Gasteiger partial charge in [0.2, 0.25) is 0 Å². The maximum Gasteiger partial charge on any atom is 0.127 e. The molecule has 0 aliphatic heterocycles. The molecule has 13 rings (SSSR count). The molecule has 3 heteroatoms. The minimum Gasteiger partial charge on any atom is -0.507 e. The summed E-state index contributed by atoms with van der Waals surface area (Å²) in [6.45, 7) is 14.1. The molecule has 0 bridgehead atoms. The molecule has 1 N–H and O–H groups in total. The number of methoxy groups -OCH3 is 1. The zero-order valence-electron chi connectivity index (χ0n) is 46.4. The third-order valence-electron chi connectivity index (χ3n) is 15.1. The highest BCUT2D eigenvalue weighted by molar-refractivity contribution is 6.08. The molecule has 13 aromatic carbocycles. The fraction of sp³-hybridized carbons (Fsp3) is 0.173. The Bertz CT molecular complexity index is 3720. The molecule has 0 spiro atoms. The van der Waals surface area contributed by atoms with Crippen LogP contribution >= 0.6 is 0 Å². The van der Waals surface area contributed by atoms with Crippen molar-refractivity contribution in [3.05, 3.63) is 264 Å². The number of phenols is 1. The lowest BCUT2D eigenvalue weighted by molar-refractivity contribution is 0.187. The Morgan fingerprint density at radius 3 is 0.821 bits per heavy atom. The fourth-order valence-electron chi connectivity index (χ4n) is 11.6. The van der Waals surface area contributed by atoms with E-state index in [4.69, 9.17) is 9.47 Å². The van der Waals surface area contributed by atoms with Gasteiger partial charge in [-0.1, -0.05) is 260 Å². The molecule has 78 heavy (non-hydrogen) atoms. The molecule has 0 radical (unpaired) electrons. The number of ether oxygens (including phenoxy) is 2. The van der Waals surface area contributed by atoms with Gasteiger partial charge in [-0.25, -0.2) is 0 Å². The van der Waals surface area contributed by atoms with Crippen molar-refractivity contribution in [2.75, 3.05) is 7.11 Å². The van der Waals surface area contributed by atoms with Crippen molar-refractivity contribution in [2.24, 2.45) is 0 Å². The third kappa shape index (κ3) is 11.2. The van der Waals surface area contributed by atoms with E-state index in [1.165, 1.54) is 103 Å². The van der Waals surface area contributed by atoms with E-state index in [9.17, 15) is 5.11 Å². The van der Waals surface area contributed by atoms with Gasteiger partial charge in [0.15, 0.2) is 0 Å². The van der Waals surface area contributed by atoms with Crippen molar-refractivity contribution in [3.8, 4) is 11.5 Å². The molecule has 0 aliphatic carbocycles. The number of phenolic OH excluding ortho intramolecular Hbond substituents is 1. The standard InChI is InChI=1S/C27H22O2.2C18H18.C10H8O.C2H6/c1-28-17-25-21-12-4-6-14-23(21)26(24-15-7-5-13-22(24)25)18-29-27-16-8-10-19-9-2-3-11-20(19)27;2*1-3-13-15-9-5-7-11-17(15)14(4-2)18-12-8-6-10-16(13)18;11-10-7-3-5-8-4-1-2-6-9(8)10;1-2/h2-16H,17-18H2,1H3;2*5-12H,3-4H2,1-2H3;1-7,11H;1-2H3. The molecule has 13 aromatic rings. The maximum absolute atomic E-state index is 9.37. The third-order valence-corrected chi connectivity index (χ3v) is 15.1. The van der Waals surface area contributed by atoms with E-state index in [1.54, 1.807) is 13.2 Å². The summed E-state index contributed by atoms with van der Waals surface area (Å²) in [7, 11) is 1.75. The van der Waals surface area contributed by atoms with Crippen LogP contribution in [-0.2, 0) is 43.6 Å². The molecule has 0 unspecified atom stereocenters. The quantitative estimate of drug-likeness (QED) is 0.146. The van der Waals surface area contributed by atoms with Crippen LogP contribution in [0, 0.1) is 0 Å². The second kappa shape index (κ2) is 26.0. The first-order chi connectivity index (χ1) is 38.5. The fourth-order valence-corrected chi connectivity index (χ4v) is 11.6. The monoisotopic (exact) mass is 1020 g/mol. The molecule has 3 nitrogen and oxygen atoms in total. The Hall–Kier alpha value is -8.50. The topological polar surface area (TPSA) is 38.7 Å². The average Bonchev–Trinajstić information content (AvgIpc) is 3.63. The lowest BCUT2D eigenvalue weighted by Gasteiger charge is -2.17. The number of aryl methyl sites for hydroxylation is 4. The molecular formula is C75H72O3. The van der Waals surface area contributed by atoms with Gasteiger partial charge in [0.1, 0.15) is 18.1 Å². The lowest BCUT2D eigenvalue weighted by atomic mass is 9.90. The van der Waals surface area contributed by atoms with Crippen molar-refractivity contribution in [1.29, 1.82) is 0 Å². The van der Waals surface area contributed by atoms with Gasteiger partial charge in [0.25, 0.3) is 0 Å². The first kappa shape index (κ1) is 54.3. The van der Waals surface area contributed by atoms with E-state index in [0.717, 1.165) is 47.6 Å². The van der Waals surface area contributed by atoms with E-state index < -0.39 is 0 Å². The first-order valence-electron chi connectivity index (χ1n) is 28.0. The van der Waals surface area contributed by atoms with Crippen LogP contribution in [0.3, 0.4) is 0 Å². The maximum atomic E-state index is 9.37. The van der Waals surface area contributed by atoms with Crippen LogP contribution in [0.15, 0.2) is 231 Å². The molecule has 390 valence electrons. The molecule has 0 aliphatic rings. The molecule has 0 aromatic heterocycles. The average molecular weight is 1020 g/mol. The predicted octanol–water partition coefficient (Wildman–Crippen LogP) is 20.7. The van der Waals surface area contributed by atoms with Crippen molar-refractivity contribution < 1.29 is 14.6 Å². The molecule has 0 atom stereocenters. The summed E-state index contributed by atoms with van der Waals surface area (Å²) in [5.41, 5.74) is 8.38. The van der Waals surface area contributed by atoms with Crippen molar-refractivity contribution in [2.45, 2.75) is 80.4 Å². The number of hydrogen-bond donors (Lipinski definition) is 1. The molecule has 0 saturated heterocycles. The van der Waals surface area contributed by atoms with Gasteiger partial charge in [-0.05, 0) is 141 Å². The highest BCUT2D eigenvalue weighted by Gasteiger charge is 2.16. The van der Waals surface area contributed by atoms with Gasteiger partial charge in [-0.3, -0.25) is 0 Å². The summed E-state index contributed by atoms with van der Waals surface area (Å²) < 4.78 is 11.9. The summed E-state index contributed by atoms with van der Waals surface area (Å²) >= 11 is 0. The van der Waals surface area contributed by atoms with Crippen molar-refractivity contribution >= 4 is 86.2 Å². The summed E-state index contributed by atoms with van der Waals surface area (Å²) in [5.74, 6) is 1.26. The molecule has 0 fully saturated rings. The van der Waals surface area contributed by atoms with Crippen LogP contribution < -0.4 is 4.74 Å². The van der Waals surface area contributed by atoms with Gasteiger partial charge in [0, 0.05) is 23.4 Å². The summed E-state index contributed by atoms with van der Waals surface area (Å²) in [4.78, 5) is 0. The van der Waals surface area contributed by atoms with E-state index in [1.807, 2.05) is 56.3 Å². The Labute approximate surface area is 461 Å². The first-order valence-corrected chi connectivity index (χ1v) is 28.0. The van der Waals surface area contributed by atoms with E-state index in [2.05, 4.69) is 210 Å². The molecule has 0 heterocycles. The minimum absolute atomic E-state index is 0.350. The molecule has 0 saturated carbocycles. The minimum atomic E-state index is 0.350. The molecule has 0 amide bonds. The number of aromatic hydroxyl groups is 1. The largest absolute Gasteiger partial charge is 0.507 e. The van der Waals surface area contributed by atoms with Crippen LogP contribution in [0.1, 0.15) is 74.9 Å². The Morgan fingerprint density at radius 1 is 0.269 bits per heavy atom. The van der Waals surface area contributed by atoms with Gasteiger partial charge >= 0.3 is 0 Å². The SMILES string of the molecule is CC.CCc1c2ccccc2c(CC)c2ccccc12.CCc1c2ccccc2c(CC)c2ccccc12.COCc1c2ccccc2c(COc2cccc3ccccc23)c2ccccc12.Oc1cccc2ccccc12.